The molecule has 3 aromatic heterocycles. The molecule has 10 nitrogen and oxygen atoms in total. The summed E-state index contributed by atoms with van der Waals surface area (Å²) in [6.07, 6.45) is 1.08. The van der Waals surface area contributed by atoms with Gasteiger partial charge in [-0.2, -0.15) is 17.5 Å². The summed E-state index contributed by atoms with van der Waals surface area (Å²) in [7, 11) is -3.68. The average Bonchev–Trinajstić information content (AvgIpc) is 3.28. The van der Waals surface area contributed by atoms with E-state index < -0.39 is 34.7 Å². The highest BCUT2D eigenvalue weighted by atomic mass is 35.5. The van der Waals surface area contributed by atoms with Gasteiger partial charge in [-0.15, -0.1) is 0 Å². The van der Waals surface area contributed by atoms with Gasteiger partial charge in [-0.3, -0.25) is 4.79 Å². The number of unbranched alkanes of at least 4 members (excludes halogenated alkanes) is 1. The minimum absolute atomic E-state index is 0. The van der Waals surface area contributed by atoms with Gasteiger partial charge in [-0.1, -0.05) is 24.9 Å². The molecule has 3 aromatic rings. The Morgan fingerprint density at radius 3 is 2.84 bits per heavy atom. The van der Waals surface area contributed by atoms with Crippen LogP contribution in [0.2, 0.25) is 5.02 Å². The maximum atomic E-state index is 12.9. The van der Waals surface area contributed by atoms with Gasteiger partial charge < -0.3 is 15.2 Å². The molecule has 0 unspecified atom stereocenters. The number of amides is 1. The lowest BCUT2D eigenvalue weighted by Gasteiger charge is -2.40. The number of hydrogen-bond acceptors (Lipinski definition) is 7. The fraction of sp³-hybridized carbons (Fsp3) is 0.455. The Hall–Kier alpha value is -2.97. The van der Waals surface area contributed by atoms with E-state index in [0.29, 0.717) is 34.5 Å². The number of carbonyl (C=O) groups excluding carboxylic acids is 1. The van der Waals surface area contributed by atoms with Gasteiger partial charge >= 0.3 is 6.18 Å². The number of carbonyl (C=O) groups is 1. The van der Waals surface area contributed by atoms with Crippen LogP contribution in [0, 0.1) is 0 Å². The Morgan fingerprint density at radius 1 is 1.32 bits per heavy atom. The smallest absolute Gasteiger partial charge is 0.345 e. The third kappa shape index (κ3) is 6.30. The quantitative estimate of drug-likeness (QED) is 0.430. The van der Waals surface area contributed by atoms with Crippen molar-refractivity contribution < 1.29 is 29.2 Å². The van der Waals surface area contributed by atoms with Gasteiger partial charge in [0, 0.05) is 52.0 Å². The molecule has 2 N–H and O–H groups in total. The van der Waals surface area contributed by atoms with Crippen LogP contribution in [0.15, 0.2) is 30.7 Å². The lowest BCUT2D eigenvalue weighted by Crippen LogP contribution is -2.61. The number of nitrogens with one attached hydrogen (secondary N) is 2. The van der Waals surface area contributed by atoms with Gasteiger partial charge in [0.1, 0.15) is 24.1 Å². The van der Waals surface area contributed by atoms with Gasteiger partial charge in [0.15, 0.2) is 5.82 Å². The molecule has 0 aromatic carbocycles. The van der Waals surface area contributed by atoms with Gasteiger partial charge in [0.05, 0.1) is 10.8 Å². The van der Waals surface area contributed by atoms with Crippen LogP contribution in [-0.4, -0.2) is 82.7 Å². The fourth-order valence-corrected chi connectivity index (χ4v) is 5.87. The van der Waals surface area contributed by atoms with E-state index in [1.807, 2.05) is 12.2 Å². The highest BCUT2D eigenvalue weighted by molar-refractivity contribution is 7.89. The summed E-state index contributed by atoms with van der Waals surface area (Å²) in [5, 5.41) is 2.95. The summed E-state index contributed by atoms with van der Waals surface area (Å²) in [6, 6.07) is 1.99. The summed E-state index contributed by atoms with van der Waals surface area (Å²) in [5.74, 6) is -0.502. The zero-order valence-electron chi connectivity index (χ0n) is 19.8. The Balaban J connectivity index is 0.00000267. The lowest BCUT2D eigenvalue weighted by atomic mass is 10.1. The molecule has 204 valence electrons. The molecule has 4 heterocycles. The van der Waals surface area contributed by atoms with Crippen LogP contribution in [0.25, 0.3) is 22.4 Å². The minimum Gasteiger partial charge on any atom is -0.345 e. The first-order valence-electron chi connectivity index (χ1n) is 11.5. The van der Waals surface area contributed by atoms with Crippen molar-refractivity contribution in [1.29, 1.82) is 0 Å². The second kappa shape index (κ2) is 10.8. The van der Waals surface area contributed by atoms with Crippen molar-refractivity contribution >= 4 is 44.4 Å². The minimum atomic E-state index is -4.62. The molecular formula is C22H29ClF3N7O3S. The van der Waals surface area contributed by atoms with E-state index in [4.69, 9.17) is 11.6 Å². The Morgan fingerprint density at radius 2 is 2.11 bits per heavy atom. The predicted molar refractivity (Wildman–Crippen MR) is 137 cm³/mol. The normalized spacial score (nSPS) is 17.3. The molecule has 1 fully saturated rings. The molecule has 37 heavy (non-hydrogen) atoms. The standard InChI is InChI=1S/C22H25ClF3N7O3S.2H2/c1-2-3-8-37(35,36)32-6-7-33(17(12-32)21(34)30-13-22(24,25)26)18-4-5-27-20(31-18)16-11-29-19-15(16)9-14(23)10-28-19;;/h4-5,9-11,17H,2-3,6-8,12-13H2,1H3,(H,28,29)(H,30,34);2*1H/t17-;;/m1../s1. The van der Waals surface area contributed by atoms with E-state index in [2.05, 4.69) is 19.9 Å². The number of hydrogen-bond donors (Lipinski definition) is 2. The number of anilines is 1. The first kappa shape index (κ1) is 27.1. The van der Waals surface area contributed by atoms with Gasteiger partial charge in [-0.05, 0) is 18.6 Å². The van der Waals surface area contributed by atoms with E-state index in [9.17, 15) is 26.4 Å². The molecule has 0 spiro atoms. The van der Waals surface area contributed by atoms with Crippen LogP contribution in [0.4, 0.5) is 19.0 Å². The number of piperazine rings is 1. The number of H-pyrrole nitrogens is 1. The zero-order chi connectivity index (χ0) is 26.8. The predicted octanol–water partition coefficient (Wildman–Crippen LogP) is 3.46. The van der Waals surface area contributed by atoms with Crippen molar-refractivity contribution in [3.05, 3.63) is 35.7 Å². The number of pyridine rings is 1. The zero-order valence-corrected chi connectivity index (χ0v) is 21.4. The summed E-state index contributed by atoms with van der Waals surface area (Å²) in [5.41, 5.74) is 1.15. The molecule has 15 heteroatoms. The largest absolute Gasteiger partial charge is 0.405 e. The highest BCUT2D eigenvalue weighted by Gasteiger charge is 2.39. The van der Waals surface area contributed by atoms with E-state index in [-0.39, 0.29) is 39.9 Å². The first-order valence-corrected chi connectivity index (χ1v) is 13.5. The van der Waals surface area contributed by atoms with Crippen LogP contribution in [0.5, 0.6) is 0 Å². The number of aromatic amines is 1. The number of nitrogens with zero attached hydrogens (tertiary/aromatic N) is 5. The molecular weight excluding hydrogens is 535 g/mol. The molecule has 0 aliphatic carbocycles. The Bertz CT molecular complexity index is 1390. The lowest BCUT2D eigenvalue weighted by molar-refractivity contribution is -0.139. The van der Waals surface area contributed by atoms with Crippen molar-refractivity contribution in [1.82, 2.24) is 29.6 Å². The topological polar surface area (TPSA) is 124 Å². The van der Waals surface area contributed by atoms with Crippen molar-refractivity contribution in [2.45, 2.75) is 32.0 Å². The van der Waals surface area contributed by atoms with Crippen molar-refractivity contribution in [3.63, 3.8) is 0 Å². The number of halogens is 4. The highest BCUT2D eigenvalue weighted by Crippen LogP contribution is 2.29. The van der Waals surface area contributed by atoms with E-state index in [1.165, 1.54) is 23.4 Å². The molecule has 0 saturated carbocycles. The fourth-order valence-electron chi connectivity index (χ4n) is 4.07. The van der Waals surface area contributed by atoms with Gasteiger partial charge in [-0.25, -0.2) is 23.4 Å². The molecule has 1 amide bonds. The van der Waals surface area contributed by atoms with Crippen LogP contribution in [-0.2, 0) is 14.8 Å². The first-order chi connectivity index (χ1) is 17.5. The maximum Gasteiger partial charge on any atom is 0.405 e. The molecule has 0 radical (unpaired) electrons. The Kier molecular flexibility index (Phi) is 7.90. The third-order valence-corrected chi connectivity index (χ3v) is 8.06. The van der Waals surface area contributed by atoms with Crippen LogP contribution >= 0.6 is 11.6 Å². The number of fused-ring (bicyclic) bond motifs is 1. The number of alkyl halides is 3. The molecule has 1 atom stereocenters. The molecule has 1 aliphatic rings. The van der Waals surface area contributed by atoms with E-state index in [0.717, 1.165) is 4.31 Å². The summed E-state index contributed by atoms with van der Waals surface area (Å²) in [4.78, 5) is 30.5. The molecule has 1 saturated heterocycles. The second-order valence-electron chi connectivity index (χ2n) is 8.56. The van der Waals surface area contributed by atoms with Crippen LogP contribution < -0.4 is 10.2 Å². The Labute approximate surface area is 219 Å². The molecule has 0 bridgehead atoms. The van der Waals surface area contributed by atoms with E-state index >= 15 is 0 Å². The van der Waals surface area contributed by atoms with Crippen molar-refractivity contribution in [2.24, 2.45) is 0 Å². The second-order valence-corrected chi connectivity index (χ2v) is 11.1. The molecule has 4 rings (SSSR count). The van der Waals surface area contributed by atoms with Crippen molar-refractivity contribution in [2.75, 3.05) is 36.8 Å². The maximum absolute atomic E-state index is 12.9. The summed E-state index contributed by atoms with van der Waals surface area (Å²) < 4.78 is 65.1. The summed E-state index contributed by atoms with van der Waals surface area (Å²) in [6.45, 7) is 0.123. The number of sulfonamides is 1. The number of aromatic nitrogens is 4. The van der Waals surface area contributed by atoms with Gasteiger partial charge in [0.2, 0.25) is 15.9 Å². The average molecular weight is 564 g/mol. The molecule has 1 aliphatic heterocycles. The SMILES string of the molecule is CCCCS(=O)(=O)N1CCN(c2ccnc(-c3c[nH]c4ncc(Cl)cc34)n2)[C@@H](C(=O)NCC(F)(F)F)C1.[HH].[HH]. The van der Waals surface area contributed by atoms with Crippen LogP contribution in [0.1, 0.15) is 22.6 Å². The van der Waals surface area contributed by atoms with Crippen LogP contribution in [0.3, 0.4) is 0 Å². The van der Waals surface area contributed by atoms with E-state index in [1.54, 1.807) is 12.3 Å². The third-order valence-electron chi connectivity index (χ3n) is 5.93. The summed E-state index contributed by atoms with van der Waals surface area (Å²) >= 11 is 6.08. The monoisotopic (exact) mass is 563 g/mol. The van der Waals surface area contributed by atoms with Gasteiger partial charge in [0.25, 0.3) is 0 Å². The number of rotatable bonds is 8. The van der Waals surface area contributed by atoms with Crippen molar-refractivity contribution in [3.8, 4) is 11.4 Å².